The van der Waals surface area contributed by atoms with E-state index < -0.39 is 0 Å². The van der Waals surface area contributed by atoms with Crippen LogP contribution in [0.5, 0.6) is 0 Å². The summed E-state index contributed by atoms with van der Waals surface area (Å²) in [5.74, 6) is -0.274. The molecule has 0 aliphatic carbocycles. The van der Waals surface area contributed by atoms with E-state index in [1.54, 1.807) is 31.5 Å². The zero-order chi connectivity index (χ0) is 11.3. The summed E-state index contributed by atoms with van der Waals surface area (Å²) in [6.45, 7) is 5.98. The van der Waals surface area contributed by atoms with Crippen LogP contribution in [0, 0.1) is 0 Å². The Balaban J connectivity index is 3.06. The number of esters is 1. The van der Waals surface area contributed by atoms with E-state index in [9.17, 15) is 4.79 Å². The zero-order valence-corrected chi connectivity index (χ0v) is 9.28. The molecule has 15 heavy (non-hydrogen) atoms. The molecule has 0 spiro atoms. The van der Waals surface area contributed by atoms with Gasteiger partial charge in [-0.25, -0.2) is 4.79 Å². The highest BCUT2D eigenvalue weighted by atomic mass is 16.5. The van der Waals surface area contributed by atoms with E-state index >= 15 is 0 Å². The molecule has 1 aromatic heterocycles. The topological polar surface area (TPSA) is 39.2 Å². The summed E-state index contributed by atoms with van der Waals surface area (Å²) in [6, 6.07) is 3.61. The fourth-order valence-electron chi connectivity index (χ4n) is 1.33. The van der Waals surface area contributed by atoms with E-state index in [1.807, 2.05) is 13.8 Å². The average molecular weight is 205 g/mol. The molecule has 3 nitrogen and oxygen atoms in total. The molecule has 0 aromatic carbocycles. The molecule has 0 unspecified atom stereocenters. The van der Waals surface area contributed by atoms with Crippen LogP contribution in [0.25, 0.3) is 5.57 Å². The Morgan fingerprint density at radius 2 is 1.93 bits per heavy atom. The second-order valence-electron chi connectivity index (χ2n) is 3.33. The van der Waals surface area contributed by atoms with E-state index in [0.29, 0.717) is 12.2 Å². The van der Waals surface area contributed by atoms with E-state index in [1.165, 1.54) is 0 Å². The molecule has 0 fully saturated rings. The molecule has 1 aromatic rings. The van der Waals surface area contributed by atoms with Gasteiger partial charge in [0.1, 0.15) is 0 Å². The van der Waals surface area contributed by atoms with Gasteiger partial charge in [0.2, 0.25) is 0 Å². The number of hydrogen-bond donors (Lipinski definition) is 0. The van der Waals surface area contributed by atoms with Crippen molar-refractivity contribution in [2.45, 2.75) is 20.8 Å². The van der Waals surface area contributed by atoms with Crippen LogP contribution in [0.4, 0.5) is 0 Å². The lowest BCUT2D eigenvalue weighted by Crippen LogP contribution is -2.08. The minimum absolute atomic E-state index is 0.274. The van der Waals surface area contributed by atoms with Gasteiger partial charge >= 0.3 is 5.97 Å². The Morgan fingerprint density at radius 3 is 2.40 bits per heavy atom. The first-order chi connectivity index (χ1) is 7.16. The molecule has 0 atom stereocenters. The summed E-state index contributed by atoms with van der Waals surface area (Å²) in [4.78, 5) is 15.6. The Labute approximate surface area is 89.8 Å². The average Bonchev–Trinajstić information content (AvgIpc) is 2.19. The van der Waals surface area contributed by atoms with Crippen molar-refractivity contribution in [2.75, 3.05) is 6.61 Å². The van der Waals surface area contributed by atoms with Crippen molar-refractivity contribution in [3.63, 3.8) is 0 Å². The molecule has 0 aliphatic rings. The largest absolute Gasteiger partial charge is 0.462 e. The number of aromatic nitrogens is 1. The summed E-state index contributed by atoms with van der Waals surface area (Å²) in [5.41, 5.74) is 2.42. The molecule has 80 valence electrons. The van der Waals surface area contributed by atoms with Gasteiger partial charge in [-0.1, -0.05) is 5.57 Å². The molecule has 3 heteroatoms. The van der Waals surface area contributed by atoms with Crippen LogP contribution >= 0.6 is 0 Å². The lowest BCUT2D eigenvalue weighted by Gasteiger charge is -2.08. The van der Waals surface area contributed by atoms with E-state index in [0.717, 1.165) is 11.1 Å². The molecule has 0 saturated carbocycles. The maximum absolute atomic E-state index is 11.7. The molecular weight excluding hydrogens is 190 g/mol. The zero-order valence-electron chi connectivity index (χ0n) is 9.28. The van der Waals surface area contributed by atoms with Gasteiger partial charge in [0.05, 0.1) is 12.2 Å². The third kappa shape index (κ3) is 2.91. The quantitative estimate of drug-likeness (QED) is 0.562. The van der Waals surface area contributed by atoms with E-state index in [-0.39, 0.29) is 5.97 Å². The molecule has 0 aliphatic heterocycles. The Kier molecular flexibility index (Phi) is 4.03. The van der Waals surface area contributed by atoms with Crippen LogP contribution in [0.1, 0.15) is 26.3 Å². The van der Waals surface area contributed by atoms with Crippen molar-refractivity contribution in [2.24, 2.45) is 0 Å². The number of ether oxygens (including phenoxy) is 1. The molecule has 0 bridgehead atoms. The fraction of sp³-hybridized carbons (Fsp3) is 0.333. The van der Waals surface area contributed by atoms with Crippen LogP contribution in [0.15, 0.2) is 30.1 Å². The van der Waals surface area contributed by atoms with Gasteiger partial charge in [-0.3, -0.25) is 4.98 Å². The highest BCUT2D eigenvalue weighted by Gasteiger charge is 2.14. The van der Waals surface area contributed by atoms with Gasteiger partial charge in [-0.2, -0.15) is 0 Å². The van der Waals surface area contributed by atoms with Crippen molar-refractivity contribution in [1.29, 1.82) is 0 Å². The second kappa shape index (κ2) is 5.29. The van der Waals surface area contributed by atoms with Crippen molar-refractivity contribution >= 4 is 11.5 Å². The number of carbonyl (C=O) groups is 1. The van der Waals surface area contributed by atoms with Crippen molar-refractivity contribution in [3.05, 3.63) is 35.7 Å². The number of nitrogens with zero attached hydrogens (tertiary/aromatic N) is 1. The van der Waals surface area contributed by atoms with E-state index in [4.69, 9.17) is 4.74 Å². The van der Waals surface area contributed by atoms with Crippen molar-refractivity contribution < 1.29 is 9.53 Å². The highest BCUT2D eigenvalue weighted by Crippen LogP contribution is 2.19. The van der Waals surface area contributed by atoms with Crippen molar-refractivity contribution in [1.82, 2.24) is 4.98 Å². The molecule has 1 heterocycles. The predicted molar refractivity (Wildman–Crippen MR) is 59.1 cm³/mol. The first-order valence-electron chi connectivity index (χ1n) is 4.91. The molecular formula is C12H15NO2. The molecule has 0 saturated heterocycles. The van der Waals surface area contributed by atoms with Crippen molar-refractivity contribution in [3.8, 4) is 0 Å². The number of rotatable bonds is 3. The van der Waals surface area contributed by atoms with Crippen LogP contribution < -0.4 is 0 Å². The predicted octanol–water partition coefficient (Wildman–Crippen LogP) is 2.44. The molecule has 1 rings (SSSR count). The lowest BCUT2D eigenvalue weighted by atomic mass is 10.0. The lowest BCUT2D eigenvalue weighted by molar-refractivity contribution is -0.136. The third-order valence-corrected chi connectivity index (χ3v) is 1.95. The maximum atomic E-state index is 11.7. The first-order valence-corrected chi connectivity index (χ1v) is 4.91. The number of pyridine rings is 1. The van der Waals surface area contributed by atoms with Crippen LogP contribution in [-0.4, -0.2) is 17.6 Å². The van der Waals surface area contributed by atoms with Gasteiger partial charge in [-0.05, 0) is 38.5 Å². The minimum Gasteiger partial charge on any atom is -0.462 e. The molecule has 0 radical (unpaired) electrons. The third-order valence-electron chi connectivity index (χ3n) is 1.95. The first kappa shape index (κ1) is 11.4. The normalized spacial score (nSPS) is 9.53. The summed E-state index contributed by atoms with van der Waals surface area (Å²) < 4.78 is 5.00. The summed E-state index contributed by atoms with van der Waals surface area (Å²) in [5, 5.41) is 0. The molecule has 0 N–H and O–H groups in total. The van der Waals surface area contributed by atoms with Crippen LogP contribution in [0.2, 0.25) is 0 Å². The number of hydrogen-bond acceptors (Lipinski definition) is 3. The van der Waals surface area contributed by atoms with Gasteiger partial charge in [0.15, 0.2) is 0 Å². The van der Waals surface area contributed by atoms with Gasteiger partial charge in [-0.15, -0.1) is 0 Å². The van der Waals surface area contributed by atoms with Gasteiger partial charge in [0.25, 0.3) is 0 Å². The summed E-state index contributed by atoms with van der Waals surface area (Å²) >= 11 is 0. The summed E-state index contributed by atoms with van der Waals surface area (Å²) in [6.07, 6.45) is 3.33. The highest BCUT2D eigenvalue weighted by molar-refractivity contribution is 6.17. The second-order valence-corrected chi connectivity index (χ2v) is 3.33. The fourth-order valence-corrected chi connectivity index (χ4v) is 1.33. The Hall–Kier alpha value is -1.64. The Morgan fingerprint density at radius 1 is 1.33 bits per heavy atom. The maximum Gasteiger partial charge on any atom is 0.338 e. The standard InChI is InChI=1S/C12H15NO2/c1-4-15-12(14)11(9(2)3)10-5-7-13-8-6-10/h5-8H,4H2,1-3H3. The van der Waals surface area contributed by atoms with Gasteiger partial charge < -0.3 is 4.74 Å². The number of allylic oxidation sites excluding steroid dienone is 1. The monoisotopic (exact) mass is 205 g/mol. The smallest absolute Gasteiger partial charge is 0.338 e. The molecule has 0 amide bonds. The SMILES string of the molecule is CCOC(=O)C(=C(C)C)c1ccncc1. The number of carbonyl (C=O) groups excluding carboxylic acids is 1. The minimum atomic E-state index is -0.274. The summed E-state index contributed by atoms with van der Waals surface area (Å²) in [7, 11) is 0. The van der Waals surface area contributed by atoms with E-state index in [2.05, 4.69) is 4.98 Å². The Bertz CT molecular complexity index is 364. The van der Waals surface area contributed by atoms with Crippen LogP contribution in [0.3, 0.4) is 0 Å². The van der Waals surface area contributed by atoms with Gasteiger partial charge in [0, 0.05) is 12.4 Å². The van der Waals surface area contributed by atoms with Crippen LogP contribution in [-0.2, 0) is 9.53 Å².